The number of aromatic nitrogens is 1. The van der Waals surface area contributed by atoms with Crippen LogP contribution in [0.4, 0.5) is 0 Å². The number of amides is 1. The third kappa shape index (κ3) is 1.52. The van der Waals surface area contributed by atoms with Gasteiger partial charge in [-0.15, -0.1) is 0 Å². The second-order valence-corrected chi connectivity index (χ2v) is 2.64. The van der Waals surface area contributed by atoms with E-state index in [1.165, 1.54) is 0 Å². The number of fused-ring (bicyclic) bond motifs is 1. The minimum Gasteiger partial charge on any atom is -0.366 e. The SMILES string of the molecule is N.NC(=O)c1ccc2cc[nH]c2c1. The zero-order valence-corrected chi connectivity index (χ0v) is 7.08. The van der Waals surface area contributed by atoms with Crippen LogP contribution >= 0.6 is 0 Å². The van der Waals surface area contributed by atoms with Gasteiger partial charge in [0.1, 0.15) is 0 Å². The molecule has 1 aromatic carbocycles. The zero-order chi connectivity index (χ0) is 8.55. The molecular weight excluding hydrogens is 166 g/mol. The lowest BCUT2D eigenvalue weighted by atomic mass is 10.1. The number of hydrogen-bond donors (Lipinski definition) is 3. The molecule has 0 saturated carbocycles. The van der Waals surface area contributed by atoms with E-state index in [0.29, 0.717) is 5.56 Å². The van der Waals surface area contributed by atoms with Crippen LogP contribution in [0.2, 0.25) is 0 Å². The van der Waals surface area contributed by atoms with Gasteiger partial charge in [0.25, 0.3) is 0 Å². The van der Waals surface area contributed by atoms with E-state index in [-0.39, 0.29) is 6.15 Å². The van der Waals surface area contributed by atoms with E-state index < -0.39 is 5.91 Å². The van der Waals surface area contributed by atoms with E-state index >= 15 is 0 Å². The highest BCUT2D eigenvalue weighted by atomic mass is 16.1. The van der Waals surface area contributed by atoms with Gasteiger partial charge in [0.15, 0.2) is 0 Å². The molecule has 2 aromatic rings. The van der Waals surface area contributed by atoms with Gasteiger partial charge in [-0.3, -0.25) is 4.79 Å². The molecule has 6 N–H and O–H groups in total. The van der Waals surface area contributed by atoms with Crippen molar-refractivity contribution in [3.8, 4) is 0 Å². The topological polar surface area (TPSA) is 93.9 Å². The second-order valence-electron chi connectivity index (χ2n) is 2.64. The van der Waals surface area contributed by atoms with Crippen molar-refractivity contribution in [3.05, 3.63) is 36.0 Å². The Morgan fingerprint density at radius 1 is 1.31 bits per heavy atom. The lowest BCUT2D eigenvalue weighted by Gasteiger charge is -1.94. The van der Waals surface area contributed by atoms with Gasteiger partial charge in [-0.2, -0.15) is 0 Å². The third-order valence-corrected chi connectivity index (χ3v) is 1.84. The fourth-order valence-electron chi connectivity index (χ4n) is 1.20. The van der Waals surface area contributed by atoms with Gasteiger partial charge in [0.2, 0.25) is 5.91 Å². The van der Waals surface area contributed by atoms with Gasteiger partial charge in [0, 0.05) is 17.3 Å². The van der Waals surface area contributed by atoms with Gasteiger partial charge in [-0.1, -0.05) is 6.07 Å². The first-order valence-electron chi connectivity index (χ1n) is 3.64. The van der Waals surface area contributed by atoms with Crippen LogP contribution in [0.25, 0.3) is 10.9 Å². The van der Waals surface area contributed by atoms with Crippen LogP contribution in [0.5, 0.6) is 0 Å². The molecule has 0 spiro atoms. The first-order chi connectivity index (χ1) is 5.77. The van der Waals surface area contributed by atoms with E-state index in [0.717, 1.165) is 10.9 Å². The summed E-state index contributed by atoms with van der Waals surface area (Å²) in [6.45, 7) is 0. The van der Waals surface area contributed by atoms with Gasteiger partial charge in [0.05, 0.1) is 0 Å². The summed E-state index contributed by atoms with van der Waals surface area (Å²) in [4.78, 5) is 13.8. The van der Waals surface area contributed by atoms with Gasteiger partial charge < -0.3 is 16.9 Å². The summed E-state index contributed by atoms with van der Waals surface area (Å²) in [6.07, 6.45) is 1.83. The van der Waals surface area contributed by atoms with E-state index in [1.54, 1.807) is 12.1 Å². The van der Waals surface area contributed by atoms with Gasteiger partial charge in [-0.05, 0) is 23.6 Å². The number of rotatable bonds is 1. The molecule has 0 atom stereocenters. The summed E-state index contributed by atoms with van der Waals surface area (Å²) in [6, 6.07) is 7.28. The van der Waals surface area contributed by atoms with Crippen LogP contribution in [0, 0.1) is 0 Å². The Labute approximate surface area is 75.3 Å². The number of carbonyl (C=O) groups is 1. The standard InChI is InChI=1S/C9H8N2O.H3N/c10-9(12)7-2-1-6-3-4-11-8(6)5-7;/h1-5,11H,(H2,10,12);1H3. The minimum absolute atomic E-state index is 0. The summed E-state index contributed by atoms with van der Waals surface area (Å²) in [5, 5.41) is 1.08. The molecule has 1 amide bonds. The predicted molar refractivity (Wildman–Crippen MR) is 51.8 cm³/mol. The average Bonchev–Trinajstić information content (AvgIpc) is 2.49. The third-order valence-electron chi connectivity index (χ3n) is 1.84. The molecule has 4 nitrogen and oxygen atoms in total. The molecule has 2 rings (SSSR count). The average molecular weight is 177 g/mol. The smallest absolute Gasteiger partial charge is 0.248 e. The van der Waals surface area contributed by atoms with E-state index in [4.69, 9.17) is 5.73 Å². The maximum absolute atomic E-state index is 10.8. The monoisotopic (exact) mass is 177 g/mol. The van der Waals surface area contributed by atoms with Crippen molar-refractivity contribution < 1.29 is 4.79 Å². The number of nitrogens with one attached hydrogen (secondary N) is 1. The molecule has 0 saturated heterocycles. The molecule has 0 fully saturated rings. The van der Waals surface area contributed by atoms with Crippen molar-refractivity contribution in [2.45, 2.75) is 0 Å². The maximum Gasteiger partial charge on any atom is 0.248 e. The summed E-state index contributed by atoms with van der Waals surface area (Å²) in [5.74, 6) is -0.397. The second kappa shape index (κ2) is 3.28. The zero-order valence-electron chi connectivity index (χ0n) is 7.08. The molecule has 0 aliphatic heterocycles. The summed E-state index contributed by atoms with van der Waals surface area (Å²) >= 11 is 0. The quantitative estimate of drug-likeness (QED) is 0.614. The van der Waals surface area contributed by atoms with Crippen molar-refractivity contribution in [3.63, 3.8) is 0 Å². The number of carbonyl (C=O) groups excluding carboxylic acids is 1. The fourth-order valence-corrected chi connectivity index (χ4v) is 1.20. The number of benzene rings is 1. The Bertz CT molecular complexity index is 433. The van der Waals surface area contributed by atoms with Crippen LogP contribution in [0.3, 0.4) is 0 Å². The molecule has 68 valence electrons. The van der Waals surface area contributed by atoms with Crippen LogP contribution in [0.15, 0.2) is 30.5 Å². The van der Waals surface area contributed by atoms with E-state index in [9.17, 15) is 4.79 Å². The molecule has 0 unspecified atom stereocenters. The number of nitrogens with two attached hydrogens (primary N) is 1. The highest BCUT2D eigenvalue weighted by molar-refractivity contribution is 5.96. The fraction of sp³-hybridized carbons (Fsp3) is 0. The summed E-state index contributed by atoms with van der Waals surface area (Å²) in [5.41, 5.74) is 6.59. The van der Waals surface area contributed by atoms with Gasteiger partial charge >= 0.3 is 0 Å². The minimum atomic E-state index is -0.397. The lowest BCUT2D eigenvalue weighted by Crippen LogP contribution is -2.10. The molecule has 13 heavy (non-hydrogen) atoms. The lowest BCUT2D eigenvalue weighted by molar-refractivity contribution is 0.100. The molecule has 0 bridgehead atoms. The molecule has 1 aromatic heterocycles. The molecule has 0 aliphatic rings. The van der Waals surface area contributed by atoms with Crippen molar-refractivity contribution in [1.82, 2.24) is 11.1 Å². The summed E-state index contributed by atoms with van der Waals surface area (Å²) < 4.78 is 0. The Morgan fingerprint density at radius 2 is 2.08 bits per heavy atom. The van der Waals surface area contributed by atoms with Crippen LogP contribution in [-0.4, -0.2) is 10.9 Å². The first-order valence-corrected chi connectivity index (χ1v) is 3.64. The number of primary amides is 1. The van der Waals surface area contributed by atoms with Crippen LogP contribution < -0.4 is 11.9 Å². The van der Waals surface area contributed by atoms with Crippen molar-refractivity contribution in [2.24, 2.45) is 5.73 Å². The maximum atomic E-state index is 10.8. The Morgan fingerprint density at radius 3 is 2.77 bits per heavy atom. The molecule has 4 heteroatoms. The van der Waals surface area contributed by atoms with Crippen LogP contribution in [-0.2, 0) is 0 Å². The van der Waals surface area contributed by atoms with E-state index in [2.05, 4.69) is 4.98 Å². The Hall–Kier alpha value is -1.81. The predicted octanol–water partition coefficient (Wildman–Crippen LogP) is 1.43. The molecular formula is C9H11N3O. The molecule has 0 radical (unpaired) electrons. The number of aromatic amines is 1. The normalized spacial score (nSPS) is 9.54. The summed E-state index contributed by atoms with van der Waals surface area (Å²) in [7, 11) is 0. The van der Waals surface area contributed by atoms with Gasteiger partial charge in [-0.25, -0.2) is 0 Å². The van der Waals surface area contributed by atoms with Crippen molar-refractivity contribution in [1.29, 1.82) is 0 Å². The van der Waals surface area contributed by atoms with Crippen molar-refractivity contribution in [2.75, 3.05) is 0 Å². The number of H-pyrrole nitrogens is 1. The highest BCUT2D eigenvalue weighted by Crippen LogP contribution is 2.13. The largest absolute Gasteiger partial charge is 0.366 e. The van der Waals surface area contributed by atoms with E-state index in [1.807, 2.05) is 18.3 Å². The molecule has 0 aliphatic carbocycles. The van der Waals surface area contributed by atoms with Crippen LogP contribution in [0.1, 0.15) is 10.4 Å². The first kappa shape index (κ1) is 9.28. The Balaban J connectivity index is 0.000000845. The number of hydrogen-bond acceptors (Lipinski definition) is 2. The Kier molecular flexibility index (Phi) is 2.34. The van der Waals surface area contributed by atoms with Crippen molar-refractivity contribution >= 4 is 16.8 Å². The highest BCUT2D eigenvalue weighted by Gasteiger charge is 2.00. The molecule has 1 heterocycles.